The van der Waals surface area contributed by atoms with Crippen LogP contribution in [-0.2, 0) is 0 Å². The van der Waals surface area contributed by atoms with E-state index in [9.17, 15) is 4.39 Å². The summed E-state index contributed by atoms with van der Waals surface area (Å²) in [5.74, 6) is 0.635. The summed E-state index contributed by atoms with van der Waals surface area (Å²) in [5.41, 5.74) is 0.925. The number of aromatic nitrogens is 1. The molecule has 0 aliphatic heterocycles. The highest BCUT2D eigenvalue weighted by atomic mass is 19.1. The molecule has 1 N–H and O–H groups in total. The number of hydrogen-bond acceptors (Lipinski definition) is 3. The lowest BCUT2D eigenvalue weighted by molar-refractivity contribution is 0.178. The first kappa shape index (κ1) is 15.4. The normalized spacial score (nSPS) is 17.2. The zero-order valence-electron chi connectivity index (χ0n) is 12.6. The van der Waals surface area contributed by atoms with Gasteiger partial charge in [0.2, 0.25) is 0 Å². The molecule has 1 aliphatic rings. The molecule has 2 rings (SSSR count). The van der Waals surface area contributed by atoms with Crippen molar-refractivity contribution in [1.82, 2.24) is 15.2 Å². The number of rotatable bonds is 8. The SMILES string of the molecule is CCN(CCC(NC)c1ccc(F)cn1)CC1CCC1. The van der Waals surface area contributed by atoms with Crippen molar-refractivity contribution in [1.29, 1.82) is 0 Å². The average molecular weight is 279 g/mol. The van der Waals surface area contributed by atoms with Crippen molar-refractivity contribution in [2.24, 2.45) is 5.92 Å². The number of nitrogens with one attached hydrogen (secondary N) is 1. The quantitative estimate of drug-likeness (QED) is 0.793. The van der Waals surface area contributed by atoms with E-state index in [2.05, 4.69) is 22.1 Å². The molecule has 1 fully saturated rings. The Balaban J connectivity index is 1.83. The Labute approximate surface area is 121 Å². The molecule has 112 valence electrons. The van der Waals surface area contributed by atoms with Gasteiger partial charge < -0.3 is 10.2 Å². The Morgan fingerprint density at radius 2 is 2.25 bits per heavy atom. The molecule has 1 aromatic heterocycles. The Morgan fingerprint density at radius 1 is 1.45 bits per heavy atom. The molecule has 0 saturated heterocycles. The number of hydrogen-bond donors (Lipinski definition) is 1. The summed E-state index contributed by atoms with van der Waals surface area (Å²) in [5, 5.41) is 3.29. The fourth-order valence-electron chi connectivity index (χ4n) is 2.76. The molecule has 1 atom stereocenters. The predicted octanol–water partition coefficient (Wildman–Crippen LogP) is 2.99. The largest absolute Gasteiger partial charge is 0.312 e. The third-order valence-corrected chi connectivity index (χ3v) is 4.38. The topological polar surface area (TPSA) is 28.2 Å². The van der Waals surface area contributed by atoms with Crippen LogP contribution in [0, 0.1) is 11.7 Å². The van der Waals surface area contributed by atoms with Crippen LogP contribution in [0.2, 0.25) is 0 Å². The Kier molecular flexibility index (Phi) is 5.92. The maximum Gasteiger partial charge on any atom is 0.141 e. The van der Waals surface area contributed by atoms with Gasteiger partial charge in [0.05, 0.1) is 17.9 Å². The van der Waals surface area contributed by atoms with Crippen LogP contribution in [0.4, 0.5) is 4.39 Å². The molecule has 1 aliphatic carbocycles. The van der Waals surface area contributed by atoms with Gasteiger partial charge in [0.1, 0.15) is 5.82 Å². The van der Waals surface area contributed by atoms with E-state index in [4.69, 9.17) is 0 Å². The summed E-state index contributed by atoms with van der Waals surface area (Å²) in [6, 6.07) is 3.46. The lowest BCUT2D eigenvalue weighted by atomic mass is 9.85. The summed E-state index contributed by atoms with van der Waals surface area (Å²) < 4.78 is 12.9. The maximum atomic E-state index is 12.9. The number of halogens is 1. The highest BCUT2D eigenvalue weighted by Gasteiger charge is 2.20. The fourth-order valence-corrected chi connectivity index (χ4v) is 2.76. The summed E-state index contributed by atoms with van der Waals surface area (Å²) in [6.07, 6.45) is 6.50. The van der Waals surface area contributed by atoms with Crippen molar-refractivity contribution >= 4 is 0 Å². The second kappa shape index (κ2) is 7.70. The molecule has 1 unspecified atom stereocenters. The zero-order valence-corrected chi connectivity index (χ0v) is 12.6. The summed E-state index contributed by atoms with van der Waals surface area (Å²) in [6.45, 7) is 5.62. The highest BCUT2D eigenvalue weighted by Crippen LogP contribution is 2.27. The van der Waals surface area contributed by atoms with Gasteiger partial charge in [-0.15, -0.1) is 0 Å². The molecular formula is C16H26FN3. The van der Waals surface area contributed by atoms with E-state index < -0.39 is 0 Å². The van der Waals surface area contributed by atoms with Crippen molar-refractivity contribution in [2.75, 3.05) is 26.7 Å². The first-order chi connectivity index (χ1) is 9.72. The molecule has 0 spiro atoms. The molecule has 1 heterocycles. The summed E-state index contributed by atoms with van der Waals surface area (Å²) >= 11 is 0. The molecule has 3 nitrogen and oxygen atoms in total. The molecule has 4 heteroatoms. The second-order valence-electron chi connectivity index (χ2n) is 5.72. The van der Waals surface area contributed by atoms with Crippen LogP contribution in [0.3, 0.4) is 0 Å². The van der Waals surface area contributed by atoms with Gasteiger partial charge in [-0.05, 0) is 57.5 Å². The Bertz CT molecular complexity index is 389. The van der Waals surface area contributed by atoms with Gasteiger partial charge in [-0.2, -0.15) is 0 Å². The molecular weight excluding hydrogens is 253 g/mol. The van der Waals surface area contributed by atoms with Crippen LogP contribution >= 0.6 is 0 Å². The molecule has 0 bridgehead atoms. The number of pyridine rings is 1. The monoisotopic (exact) mass is 279 g/mol. The van der Waals surface area contributed by atoms with Crippen LogP contribution in [0.5, 0.6) is 0 Å². The minimum Gasteiger partial charge on any atom is -0.312 e. The van der Waals surface area contributed by atoms with Gasteiger partial charge in [-0.25, -0.2) is 4.39 Å². The summed E-state index contributed by atoms with van der Waals surface area (Å²) in [4.78, 5) is 6.71. The smallest absolute Gasteiger partial charge is 0.141 e. The first-order valence-corrected chi connectivity index (χ1v) is 7.74. The minimum atomic E-state index is -0.274. The Hall–Kier alpha value is -1.00. The minimum absolute atomic E-state index is 0.200. The van der Waals surface area contributed by atoms with Crippen molar-refractivity contribution in [3.05, 3.63) is 29.8 Å². The van der Waals surface area contributed by atoms with Gasteiger partial charge in [0.15, 0.2) is 0 Å². The van der Waals surface area contributed by atoms with Gasteiger partial charge >= 0.3 is 0 Å². The molecule has 0 amide bonds. The summed E-state index contributed by atoms with van der Waals surface area (Å²) in [7, 11) is 1.94. The maximum absolute atomic E-state index is 12.9. The average Bonchev–Trinajstić information content (AvgIpc) is 2.42. The second-order valence-corrected chi connectivity index (χ2v) is 5.72. The standard InChI is InChI=1S/C16H26FN3/c1-3-20(12-13-5-4-6-13)10-9-15(18-2)16-8-7-14(17)11-19-16/h7-8,11,13,15,18H,3-6,9-10,12H2,1-2H3. The zero-order chi connectivity index (χ0) is 14.4. The molecule has 1 saturated carbocycles. The van der Waals surface area contributed by atoms with Gasteiger partial charge in [0, 0.05) is 6.54 Å². The van der Waals surface area contributed by atoms with Crippen molar-refractivity contribution in [3.8, 4) is 0 Å². The van der Waals surface area contributed by atoms with Crippen LogP contribution in [-0.4, -0.2) is 36.6 Å². The van der Waals surface area contributed by atoms with Gasteiger partial charge in [-0.3, -0.25) is 4.98 Å². The van der Waals surface area contributed by atoms with Crippen LogP contribution in [0.15, 0.2) is 18.3 Å². The van der Waals surface area contributed by atoms with Gasteiger partial charge in [-0.1, -0.05) is 13.3 Å². The van der Waals surface area contributed by atoms with Crippen LogP contribution in [0.25, 0.3) is 0 Å². The molecule has 1 aromatic rings. The Morgan fingerprint density at radius 3 is 2.75 bits per heavy atom. The molecule has 0 radical (unpaired) electrons. The third kappa shape index (κ3) is 4.25. The van der Waals surface area contributed by atoms with E-state index in [0.29, 0.717) is 0 Å². The lowest BCUT2D eigenvalue weighted by Crippen LogP contribution is -2.34. The lowest BCUT2D eigenvalue weighted by Gasteiger charge is -2.32. The highest BCUT2D eigenvalue weighted by molar-refractivity contribution is 5.09. The van der Waals surface area contributed by atoms with Crippen molar-refractivity contribution in [3.63, 3.8) is 0 Å². The van der Waals surface area contributed by atoms with E-state index in [0.717, 1.165) is 31.1 Å². The van der Waals surface area contributed by atoms with Gasteiger partial charge in [0.25, 0.3) is 0 Å². The fraction of sp³-hybridized carbons (Fsp3) is 0.688. The van der Waals surface area contributed by atoms with Crippen LogP contribution < -0.4 is 5.32 Å². The van der Waals surface area contributed by atoms with E-state index in [-0.39, 0.29) is 11.9 Å². The van der Waals surface area contributed by atoms with Crippen molar-refractivity contribution < 1.29 is 4.39 Å². The van der Waals surface area contributed by atoms with E-state index in [1.807, 2.05) is 7.05 Å². The molecule has 0 aromatic carbocycles. The molecule has 20 heavy (non-hydrogen) atoms. The van der Waals surface area contributed by atoms with Crippen LogP contribution in [0.1, 0.15) is 44.3 Å². The predicted molar refractivity (Wildman–Crippen MR) is 80.1 cm³/mol. The first-order valence-electron chi connectivity index (χ1n) is 7.74. The third-order valence-electron chi connectivity index (χ3n) is 4.38. The van der Waals surface area contributed by atoms with Crippen molar-refractivity contribution in [2.45, 2.75) is 38.6 Å². The van der Waals surface area contributed by atoms with E-state index in [1.165, 1.54) is 38.1 Å². The van der Waals surface area contributed by atoms with E-state index >= 15 is 0 Å². The van der Waals surface area contributed by atoms with E-state index in [1.54, 1.807) is 6.07 Å². The number of nitrogens with zero attached hydrogens (tertiary/aromatic N) is 2.